The van der Waals surface area contributed by atoms with Crippen LogP contribution in [0, 0.1) is 0 Å². The highest BCUT2D eigenvalue weighted by Crippen LogP contribution is 2.10. The van der Waals surface area contributed by atoms with Gasteiger partial charge in [-0.25, -0.2) is 0 Å². The molecule has 0 unspecified atom stereocenters. The number of hydrogen-bond acceptors (Lipinski definition) is 2. The van der Waals surface area contributed by atoms with Gasteiger partial charge in [-0.1, -0.05) is 92.6 Å². The van der Waals surface area contributed by atoms with Crippen molar-refractivity contribution in [1.82, 2.24) is 5.32 Å². The van der Waals surface area contributed by atoms with Crippen molar-refractivity contribution in [2.45, 2.75) is 0 Å². The van der Waals surface area contributed by atoms with E-state index in [1.807, 2.05) is 72.8 Å². The van der Waals surface area contributed by atoms with Gasteiger partial charge in [0.15, 0.2) is 0 Å². The van der Waals surface area contributed by atoms with Crippen LogP contribution in [-0.2, 0) is 4.74 Å². The number of hydrogen-bond donors (Lipinski definition) is 1. The molecule has 2 aromatic carbocycles. The van der Waals surface area contributed by atoms with E-state index in [4.69, 9.17) is 4.74 Å². The molecule has 0 radical (unpaired) electrons. The molecular weight excluding hydrogens is 294 g/mol. The summed E-state index contributed by atoms with van der Waals surface area (Å²) in [4.78, 5) is 0. The van der Waals surface area contributed by atoms with Crippen LogP contribution in [0.15, 0.2) is 74.3 Å². The maximum Gasteiger partial charge on any atom is 0.0591 e. The fourth-order valence-electron chi connectivity index (χ4n) is 1.99. The summed E-state index contributed by atoms with van der Waals surface area (Å²) in [5.41, 5.74) is 3.45. The second-order valence-electron chi connectivity index (χ2n) is 5.01. The van der Waals surface area contributed by atoms with Gasteiger partial charge in [0.2, 0.25) is 0 Å². The molecule has 0 bridgehead atoms. The predicted molar refractivity (Wildman–Crippen MR) is 107 cm³/mol. The van der Waals surface area contributed by atoms with Crippen molar-refractivity contribution in [1.29, 1.82) is 0 Å². The first-order chi connectivity index (χ1) is 11.8. The van der Waals surface area contributed by atoms with Crippen molar-refractivity contribution >= 4 is 18.2 Å². The molecule has 3 rings (SSSR count). The molecule has 1 N–H and O–H groups in total. The van der Waals surface area contributed by atoms with Crippen molar-refractivity contribution < 1.29 is 4.74 Å². The molecule has 1 aliphatic heterocycles. The molecule has 2 heteroatoms. The van der Waals surface area contributed by atoms with E-state index < -0.39 is 0 Å². The third-order valence-corrected chi connectivity index (χ3v) is 3.32. The van der Waals surface area contributed by atoms with Gasteiger partial charge in [-0.3, -0.25) is 0 Å². The first-order valence-electron chi connectivity index (χ1n) is 8.11. The lowest BCUT2D eigenvalue weighted by molar-refractivity contribution is 0.109. The molecule has 2 nitrogen and oxygen atoms in total. The van der Waals surface area contributed by atoms with Crippen LogP contribution in [0.1, 0.15) is 16.7 Å². The van der Waals surface area contributed by atoms with Crippen LogP contribution in [0.2, 0.25) is 0 Å². The summed E-state index contributed by atoms with van der Waals surface area (Å²) in [5, 5.41) is 3.16. The first kappa shape index (κ1) is 19.6. The molecule has 0 aromatic heterocycles. The van der Waals surface area contributed by atoms with Crippen molar-refractivity contribution in [3.05, 3.63) is 91.0 Å². The van der Waals surface area contributed by atoms with Crippen molar-refractivity contribution in [3.8, 4) is 0 Å². The zero-order valence-corrected chi connectivity index (χ0v) is 14.3. The van der Waals surface area contributed by atoms with Crippen molar-refractivity contribution in [3.63, 3.8) is 0 Å². The molecule has 0 atom stereocenters. The highest BCUT2D eigenvalue weighted by molar-refractivity contribution is 5.63. The zero-order chi connectivity index (χ0) is 17.5. The third-order valence-electron chi connectivity index (χ3n) is 3.32. The van der Waals surface area contributed by atoms with E-state index in [2.05, 4.69) is 25.1 Å². The molecule has 1 fully saturated rings. The molecular formula is C22H27NO. The van der Waals surface area contributed by atoms with Gasteiger partial charge in [-0.05, 0) is 16.7 Å². The van der Waals surface area contributed by atoms with Crippen LogP contribution in [0.25, 0.3) is 18.2 Å². The lowest BCUT2D eigenvalue weighted by Crippen LogP contribution is -2.30. The Morgan fingerprint density at radius 3 is 1.50 bits per heavy atom. The number of ether oxygens (including phenoxy) is 1. The van der Waals surface area contributed by atoms with Crippen LogP contribution in [-0.4, -0.2) is 26.3 Å². The molecule has 1 heterocycles. The van der Waals surface area contributed by atoms with Gasteiger partial charge in [-0.2, -0.15) is 0 Å². The monoisotopic (exact) mass is 321 g/mol. The summed E-state index contributed by atoms with van der Waals surface area (Å²) in [6.07, 6.45) is 5.49. The Bertz CT molecular complexity index is 562. The van der Waals surface area contributed by atoms with E-state index in [0.717, 1.165) is 37.4 Å². The van der Waals surface area contributed by atoms with E-state index in [1.165, 1.54) is 5.56 Å². The quantitative estimate of drug-likeness (QED) is 0.867. The highest BCUT2D eigenvalue weighted by atomic mass is 16.5. The summed E-state index contributed by atoms with van der Waals surface area (Å²) >= 11 is 0. The summed E-state index contributed by atoms with van der Waals surface area (Å²) in [5.74, 6) is 0. The fourth-order valence-corrected chi connectivity index (χ4v) is 1.99. The topological polar surface area (TPSA) is 21.3 Å². The van der Waals surface area contributed by atoms with Crippen LogP contribution < -0.4 is 5.32 Å². The molecule has 126 valence electrons. The maximum atomic E-state index is 5.01. The van der Waals surface area contributed by atoms with Crippen LogP contribution in [0.5, 0.6) is 0 Å². The third kappa shape index (κ3) is 8.28. The number of rotatable bonds is 3. The van der Waals surface area contributed by atoms with Gasteiger partial charge in [0.1, 0.15) is 0 Å². The minimum absolute atomic E-state index is 0.889. The smallest absolute Gasteiger partial charge is 0.0591 e. The Morgan fingerprint density at radius 2 is 1.21 bits per heavy atom. The highest BCUT2D eigenvalue weighted by Gasteiger charge is 1.93. The number of benzene rings is 2. The summed E-state index contributed by atoms with van der Waals surface area (Å²) in [6, 6.07) is 18.0. The second kappa shape index (κ2) is 13.1. The van der Waals surface area contributed by atoms with E-state index in [1.54, 1.807) is 0 Å². The Hall–Kier alpha value is -2.42. The van der Waals surface area contributed by atoms with Crippen LogP contribution in [0.4, 0.5) is 0 Å². The SMILES string of the molecule is C1COCCN1.C=Cc1ccccc1.C=Cc1ccccc1C=C. The van der Waals surface area contributed by atoms with Crippen molar-refractivity contribution in [2.24, 2.45) is 0 Å². The lowest BCUT2D eigenvalue weighted by atomic mass is 10.1. The summed E-state index contributed by atoms with van der Waals surface area (Å²) in [6.45, 7) is 14.8. The molecule has 0 aliphatic carbocycles. The Morgan fingerprint density at radius 1 is 0.708 bits per heavy atom. The average molecular weight is 321 g/mol. The van der Waals surface area contributed by atoms with Gasteiger partial charge < -0.3 is 10.1 Å². The lowest BCUT2D eigenvalue weighted by Gasteiger charge is -2.10. The zero-order valence-electron chi connectivity index (χ0n) is 14.3. The summed E-state index contributed by atoms with van der Waals surface area (Å²) < 4.78 is 5.01. The standard InChI is InChI=1S/C10H10.C8H8.C4H9NO/c1-3-9-7-5-6-8-10(9)4-2;1-2-8-6-4-3-5-7-8;1-3-6-4-2-5-1/h3-8H,1-2H2;2-7H,1H2;5H,1-4H2. The second-order valence-corrected chi connectivity index (χ2v) is 5.01. The molecule has 0 saturated carbocycles. The summed E-state index contributed by atoms with van der Waals surface area (Å²) in [7, 11) is 0. The maximum absolute atomic E-state index is 5.01. The molecule has 1 saturated heterocycles. The molecule has 24 heavy (non-hydrogen) atoms. The molecule has 2 aromatic rings. The van der Waals surface area contributed by atoms with Gasteiger partial charge in [-0.15, -0.1) is 0 Å². The fraction of sp³-hybridized carbons (Fsp3) is 0.182. The largest absolute Gasteiger partial charge is 0.379 e. The van der Waals surface area contributed by atoms with Gasteiger partial charge >= 0.3 is 0 Å². The predicted octanol–water partition coefficient (Wildman–Crippen LogP) is 4.91. The van der Waals surface area contributed by atoms with Gasteiger partial charge in [0.25, 0.3) is 0 Å². The van der Waals surface area contributed by atoms with E-state index in [0.29, 0.717) is 0 Å². The minimum Gasteiger partial charge on any atom is -0.379 e. The van der Waals surface area contributed by atoms with Gasteiger partial charge in [0.05, 0.1) is 13.2 Å². The minimum atomic E-state index is 0.889. The number of morpholine rings is 1. The van der Waals surface area contributed by atoms with Crippen molar-refractivity contribution in [2.75, 3.05) is 26.3 Å². The first-order valence-corrected chi connectivity index (χ1v) is 8.11. The van der Waals surface area contributed by atoms with Crippen LogP contribution >= 0.6 is 0 Å². The molecule has 1 aliphatic rings. The Balaban J connectivity index is 0.000000186. The van der Waals surface area contributed by atoms with E-state index >= 15 is 0 Å². The van der Waals surface area contributed by atoms with E-state index in [-0.39, 0.29) is 0 Å². The van der Waals surface area contributed by atoms with Crippen LogP contribution in [0.3, 0.4) is 0 Å². The average Bonchev–Trinajstić information content (AvgIpc) is 2.70. The Kier molecular flexibility index (Phi) is 10.7. The molecule has 0 amide bonds. The van der Waals surface area contributed by atoms with E-state index in [9.17, 15) is 0 Å². The normalized spacial score (nSPS) is 12.5. The molecule has 0 spiro atoms. The number of nitrogens with one attached hydrogen (secondary N) is 1. The Labute approximate surface area is 146 Å². The van der Waals surface area contributed by atoms with Gasteiger partial charge in [0, 0.05) is 13.1 Å².